The summed E-state index contributed by atoms with van der Waals surface area (Å²) < 4.78 is 12.4. The maximum Gasteiger partial charge on any atom is 0.379 e. The van der Waals surface area contributed by atoms with E-state index >= 15 is 0 Å². The molecule has 9 nitrogen and oxygen atoms in total. The number of carbonyl (C=O) groups is 1. The predicted molar refractivity (Wildman–Crippen MR) is 89.1 cm³/mol. The van der Waals surface area contributed by atoms with E-state index < -0.39 is 12.1 Å². The van der Waals surface area contributed by atoms with Crippen LogP contribution in [0.4, 0.5) is 0 Å². The van der Waals surface area contributed by atoms with Crippen LogP contribution in [-0.2, 0) is 4.74 Å². The Kier molecular flexibility index (Phi) is 3.88. The SMILES string of the molecule is Cc1ccnc2nc(C(=O)O[C@@H](C)c3nnc(-c4ccccc4)o3)nn12. The first-order chi connectivity index (χ1) is 12.6. The van der Waals surface area contributed by atoms with Crippen molar-refractivity contribution in [1.29, 1.82) is 0 Å². The molecule has 0 aliphatic carbocycles. The number of rotatable bonds is 4. The molecule has 26 heavy (non-hydrogen) atoms. The van der Waals surface area contributed by atoms with Gasteiger partial charge in [0.15, 0.2) is 6.10 Å². The molecule has 0 aliphatic heterocycles. The van der Waals surface area contributed by atoms with Crippen molar-refractivity contribution >= 4 is 11.7 Å². The maximum absolute atomic E-state index is 12.3. The minimum absolute atomic E-state index is 0.0820. The highest BCUT2D eigenvalue weighted by Crippen LogP contribution is 2.22. The fraction of sp³-hybridized carbons (Fsp3) is 0.176. The summed E-state index contributed by atoms with van der Waals surface area (Å²) in [5.41, 5.74) is 1.59. The maximum atomic E-state index is 12.3. The summed E-state index contributed by atoms with van der Waals surface area (Å²) in [4.78, 5) is 20.4. The Morgan fingerprint density at radius 2 is 2.00 bits per heavy atom. The summed E-state index contributed by atoms with van der Waals surface area (Å²) >= 11 is 0. The summed E-state index contributed by atoms with van der Waals surface area (Å²) in [5.74, 6) is 0.0986. The monoisotopic (exact) mass is 350 g/mol. The van der Waals surface area contributed by atoms with E-state index in [1.807, 2.05) is 37.3 Å². The van der Waals surface area contributed by atoms with Crippen LogP contribution in [0.25, 0.3) is 17.2 Å². The average Bonchev–Trinajstić information content (AvgIpc) is 3.30. The van der Waals surface area contributed by atoms with Crippen molar-refractivity contribution in [2.24, 2.45) is 0 Å². The summed E-state index contributed by atoms with van der Waals surface area (Å²) in [5, 5.41) is 12.0. The molecule has 9 heteroatoms. The summed E-state index contributed by atoms with van der Waals surface area (Å²) in [7, 11) is 0. The van der Waals surface area contributed by atoms with Crippen molar-refractivity contribution in [3.05, 3.63) is 60.0 Å². The molecule has 130 valence electrons. The first kappa shape index (κ1) is 15.9. The lowest BCUT2D eigenvalue weighted by Crippen LogP contribution is -2.11. The second kappa shape index (κ2) is 6.36. The minimum atomic E-state index is -0.742. The average molecular weight is 350 g/mol. The number of ether oxygens (including phenoxy) is 1. The van der Waals surface area contributed by atoms with Crippen LogP contribution in [0, 0.1) is 6.92 Å². The van der Waals surface area contributed by atoms with Crippen LogP contribution in [-0.4, -0.2) is 35.7 Å². The number of esters is 1. The van der Waals surface area contributed by atoms with Crippen molar-refractivity contribution < 1.29 is 13.9 Å². The summed E-state index contributed by atoms with van der Waals surface area (Å²) in [6.07, 6.45) is 0.855. The molecule has 1 aromatic carbocycles. The van der Waals surface area contributed by atoms with E-state index in [4.69, 9.17) is 9.15 Å². The first-order valence-electron chi connectivity index (χ1n) is 7.90. The van der Waals surface area contributed by atoms with Gasteiger partial charge in [0.2, 0.25) is 5.89 Å². The number of aromatic nitrogens is 6. The lowest BCUT2D eigenvalue weighted by Gasteiger charge is -2.06. The molecule has 3 aromatic heterocycles. The van der Waals surface area contributed by atoms with E-state index in [2.05, 4.69) is 25.3 Å². The molecule has 3 heterocycles. The molecular formula is C17H14N6O3. The molecule has 4 aromatic rings. The fourth-order valence-corrected chi connectivity index (χ4v) is 2.35. The van der Waals surface area contributed by atoms with E-state index in [9.17, 15) is 4.79 Å². The molecule has 0 bridgehead atoms. The Hall–Kier alpha value is -3.62. The van der Waals surface area contributed by atoms with Crippen molar-refractivity contribution in [2.45, 2.75) is 20.0 Å². The molecule has 1 atom stereocenters. The summed E-state index contributed by atoms with van der Waals surface area (Å²) in [6, 6.07) is 11.1. The third-order valence-electron chi connectivity index (χ3n) is 3.71. The van der Waals surface area contributed by atoms with Crippen LogP contribution >= 0.6 is 0 Å². The van der Waals surface area contributed by atoms with Crippen LogP contribution in [0.15, 0.2) is 47.0 Å². The van der Waals surface area contributed by atoms with Crippen LogP contribution in [0.5, 0.6) is 0 Å². The molecule has 0 spiro atoms. The zero-order chi connectivity index (χ0) is 18.1. The molecule has 0 radical (unpaired) electrons. The van der Waals surface area contributed by atoms with Gasteiger partial charge in [0, 0.05) is 17.5 Å². The van der Waals surface area contributed by atoms with E-state index in [-0.39, 0.29) is 11.7 Å². The Labute approximate surface area is 147 Å². The molecule has 0 saturated heterocycles. The summed E-state index contributed by atoms with van der Waals surface area (Å²) in [6.45, 7) is 3.48. The van der Waals surface area contributed by atoms with Gasteiger partial charge in [0.25, 0.3) is 17.5 Å². The van der Waals surface area contributed by atoms with Gasteiger partial charge < -0.3 is 9.15 Å². The van der Waals surface area contributed by atoms with Crippen LogP contribution in [0.2, 0.25) is 0 Å². The van der Waals surface area contributed by atoms with Gasteiger partial charge in [-0.05, 0) is 32.0 Å². The van der Waals surface area contributed by atoms with Crippen LogP contribution < -0.4 is 0 Å². The number of carbonyl (C=O) groups excluding carboxylic acids is 1. The molecule has 0 amide bonds. The zero-order valence-electron chi connectivity index (χ0n) is 14.0. The quantitative estimate of drug-likeness (QED) is 0.516. The normalized spacial score (nSPS) is 12.2. The molecular weight excluding hydrogens is 336 g/mol. The van der Waals surface area contributed by atoms with Gasteiger partial charge in [0.1, 0.15) is 0 Å². The molecule has 4 rings (SSSR count). The number of fused-ring (bicyclic) bond motifs is 1. The Morgan fingerprint density at radius 1 is 1.19 bits per heavy atom. The zero-order valence-corrected chi connectivity index (χ0v) is 14.0. The number of nitrogens with zero attached hydrogens (tertiary/aromatic N) is 6. The third kappa shape index (κ3) is 2.90. The Balaban J connectivity index is 1.52. The number of hydrogen-bond acceptors (Lipinski definition) is 8. The minimum Gasteiger partial charge on any atom is -0.447 e. The number of aryl methyl sites for hydroxylation is 1. The van der Waals surface area contributed by atoms with Gasteiger partial charge in [-0.3, -0.25) is 0 Å². The van der Waals surface area contributed by atoms with Gasteiger partial charge in [0.05, 0.1) is 0 Å². The first-order valence-corrected chi connectivity index (χ1v) is 7.90. The lowest BCUT2D eigenvalue weighted by molar-refractivity contribution is 0.0266. The topological polar surface area (TPSA) is 108 Å². The Bertz CT molecular complexity index is 1070. The highest BCUT2D eigenvalue weighted by Gasteiger charge is 2.23. The van der Waals surface area contributed by atoms with Gasteiger partial charge in [-0.1, -0.05) is 18.2 Å². The van der Waals surface area contributed by atoms with E-state index in [0.717, 1.165) is 11.3 Å². The smallest absolute Gasteiger partial charge is 0.379 e. The van der Waals surface area contributed by atoms with E-state index in [1.165, 1.54) is 4.52 Å². The van der Waals surface area contributed by atoms with Crippen molar-refractivity contribution in [2.75, 3.05) is 0 Å². The molecule has 0 N–H and O–H groups in total. The number of hydrogen-bond donors (Lipinski definition) is 0. The highest BCUT2D eigenvalue weighted by atomic mass is 16.6. The highest BCUT2D eigenvalue weighted by molar-refractivity contribution is 5.85. The Morgan fingerprint density at radius 3 is 2.77 bits per heavy atom. The lowest BCUT2D eigenvalue weighted by atomic mass is 10.2. The molecule has 0 fully saturated rings. The second-order valence-electron chi connectivity index (χ2n) is 5.59. The molecule has 0 aliphatic rings. The van der Waals surface area contributed by atoms with E-state index in [0.29, 0.717) is 11.7 Å². The molecule has 0 unspecified atom stereocenters. The van der Waals surface area contributed by atoms with Gasteiger partial charge in [-0.25, -0.2) is 14.3 Å². The fourth-order valence-electron chi connectivity index (χ4n) is 2.35. The van der Waals surface area contributed by atoms with Crippen LogP contribution in [0.1, 0.15) is 35.2 Å². The van der Waals surface area contributed by atoms with Crippen molar-refractivity contribution in [1.82, 2.24) is 29.8 Å². The standard InChI is InChI=1S/C17H14N6O3/c1-10-8-9-18-17-19-13(22-23(10)17)16(24)25-11(2)14-20-21-15(26-14)12-6-4-3-5-7-12/h3-9,11H,1-2H3/t11-/m0/s1. The van der Waals surface area contributed by atoms with Gasteiger partial charge in [-0.15, -0.1) is 15.3 Å². The van der Waals surface area contributed by atoms with Gasteiger partial charge in [-0.2, -0.15) is 4.98 Å². The predicted octanol–water partition coefficient (Wildman–Crippen LogP) is 2.40. The largest absolute Gasteiger partial charge is 0.447 e. The van der Waals surface area contributed by atoms with E-state index in [1.54, 1.807) is 19.2 Å². The third-order valence-corrected chi connectivity index (χ3v) is 3.71. The van der Waals surface area contributed by atoms with Crippen molar-refractivity contribution in [3.8, 4) is 11.5 Å². The number of benzene rings is 1. The van der Waals surface area contributed by atoms with Crippen LogP contribution in [0.3, 0.4) is 0 Å². The molecule has 0 saturated carbocycles. The van der Waals surface area contributed by atoms with Crippen molar-refractivity contribution in [3.63, 3.8) is 0 Å². The second-order valence-corrected chi connectivity index (χ2v) is 5.59. The van der Waals surface area contributed by atoms with Gasteiger partial charge >= 0.3 is 5.97 Å².